The third kappa shape index (κ3) is 4.67. The Morgan fingerprint density at radius 3 is 2.44 bits per heavy atom. The van der Waals surface area contributed by atoms with Crippen LogP contribution in [0.3, 0.4) is 0 Å². The molecule has 1 aromatic carbocycles. The molecule has 0 spiro atoms. The lowest BCUT2D eigenvalue weighted by molar-refractivity contribution is 0.209. The van der Waals surface area contributed by atoms with Gasteiger partial charge in [-0.1, -0.05) is 31.4 Å². The number of urea groups is 1. The van der Waals surface area contributed by atoms with Crippen LogP contribution in [0.1, 0.15) is 43.6 Å². The van der Waals surface area contributed by atoms with Gasteiger partial charge in [-0.15, -0.1) is 0 Å². The molecule has 1 aliphatic rings. The van der Waals surface area contributed by atoms with E-state index in [1.54, 1.807) is 25.6 Å². The van der Waals surface area contributed by atoms with E-state index in [0.29, 0.717) is 17.3 Å². The smallest absolute Gasteiger partial charge is 0.319 e. The van der Waals surface area contributed by atoms with Crippen LogP contribution in [0.2, 0.25) is 0 Å². The van der Waals surface area contributed by atoms with E-state index in [1.165, 1.54) is 0 Å². The summed E-state index contributed by atoms with van der Waals surface area (Å²) in [6.45, 7) is 0. The minimum absolute atomic E-state index is 0.110. The summed E-state index contributed by atoms with van der Waals surface area (Å²) in [6.07, 6.45) is 7.94. The zero-order valence-corrected chi connectivity index (χ0v) is 17.8. The monoisotopic (exact) mass is 428 g/mol. The summed E-state index contributed by atoms with van der Waals surface area (Å²) in [7, 11) is 1.58. The van der Waals surface area contributed by atoms with Crippen LogP contribution in [-0.2, 0) is 5.54 Å². The molecule has 0 saturated heterocycles. The minimum atomic E-state index is -0.606. The summed E-state index contributed by atoms with van der Waals surface area (Å²) in [5.74, 6) is 0.671. The Bertz CT molecular complexity index is 1120. The molecule has 0 radical (unpaired) electrons. The van der Waals surface area contributed by atoms with Gasteiger partial charge >= 0.3 is 6.03 Å². The second-order valence-electron chi connectivity index (χ2n) is 7.77. The normalized spacial score (nSPS) is 14.8. The first kappa shape index (κ1) is 21.2. The molecule has 4 rings (SSSR count). The third-order valence-electron chi connectivity index (χ3n) is 5.73. The Morgan fingerprint density at radius 2 is 1.78 bits per heavy atom. The number of pyridine rings is 1. The van der Waals surface area contributed by atoms with Gasteiger partial charge in [0, 0.05) is 29.7 Å². The molecule has 3 aromatic rings. The molecule has 2 amide bonds. The number of hydrogen-bond acceptors (Lipinski definition) is 6. The molecular weight excluding hydrogens is 404 g/mol. The number of rotatable bonds is 5. The lowest BCUT2D eigenvalue weighted by atomic mass is 9.79. The molecule has 2 aromatic heterocycles. The van der Waals surface area contributed by atoms with Crippen molar-refractivity contribution in [2.45, 2.75) is 37.6 Å². The van der Waals surface area contributed by atoms with Gasteiger partial charge in [0.2, 0.25) is 11.7 Å². The molecule has 0 bridgehead atoms. The van der Waals surface area contributed by atoms with Crippen LogP contribution < -0.4 is 15.4 Å². The molecule has 0 unspecified atom stereocenters. The first-order valence-electron chi connectivity index (χ1n) is 10.6. The lowest BCUT2D eigenvalue weighted by Gasteiger charge is -2.37. The topological polar surface area (TPSA) is 113 Å². The number of nitriles is 1. The van der Waals surface area contributed by atoms with Crippen molar-refractivity contribution in [1.29, 1.82) is 5.26 Å². The van der Waals surface area contributed by atoms with Gasteiger partial charge in [-0.05, 0) is 42.7 Å². The Kier molecular flexibility index (Phi) is 6.26. The molecule has 2 N–H and O–H groups in total. The van der Waals surface area contributed by atoms with E-state index in [-0.39, 0.29) is 11.9 Å². The number of nitrogens with zero attached hydrogens (tertiary/aromatic N) is 4. The van der Waals surface area contributed by atoms with Crippen molar-refractivity contribution in [3.63, 3.8) is 0 Å². The fraction of sp³-hybridized carbons (Fsp3) is 0.292. The number of anilines is 1. The number of hydrogen-bond donors (Lipinski definition) is 2. The van der Waals surface area contributed by atoms with Gasteiger partial charge in [0.1, 0.15) is 6.07 Å². The molecule has 8 nitrogen and oxygen atoms in total. The second-order valence-corrected chi connectivity index (χ2v) is 7.77. The van der Waals surface area contributed by atoms with Gasteiger partial charge in [-0.25, -0.2) is 19.7 Å². The number of carbonyl (C=O) groups is 1. The maximum atomic E-state index is 12.9. The minimum Gasteiger partial charge on any atom is -0.481 e. The van der Waals surface area contributed by atoms with E-state index in [2.05, 4.69) is 25.6 Å². The van der Waals surface area contributed by atoms with Gasteiger partial charge in [0.05, 0.1) is 18.3 Å². The van der Waals surface area contributed by atoms with Crippen molar-refractivity contribution >= 4 is 11.7 Å². The SMILES string of the molecule is COc1ccc(-c2ccc(NC(=O)NC3(c4ccnc(C#N)n4)CCCCC3)cc2)cn1. The molecule has 2 heterocycles. The number of nitrogens with one attached hydrogen (secondary N) is 2. The zero-order chi connectivity index (χ0) is 22.4. The summed E-state index contributed by atoms with van der Waals surface area (Å²) in [6, 6.07) is 14.8. The van der Waals surface area contributed by atoms with E-state index >= 15 is 0 Å². The van der Waals surface area contributed by atoms with Crippen molar-refractivity contribution in [1.82, 2.24) is 20.3 Å². The van der Waals surface area contributed by atoms with E-state index in [9.17, 15) is 4.79 Å². The number of aromatic nitrogens is 3. The molecule has 162 valence electrons. The quantitative estimate of drug-likeness (QED) is 0.623. The maximum absolute atomic E-state index is 12.9. The molecule has 1 saturated carbocycles. The highest BCUT2D eigenvalue weighted by atomic mass is 16.5. The highest BCUT2D eigenvalue weighted by Crippen LogP contribution is 2.36. The van der Waals surface area contributed by atoms with Crippen LogP contribution in [-0.4, -0.2) is 28.1 Å². The number of methoxy groups -OCH3 is 1. The average Bonchev–Trinajstić information content (AvgIpc) is 2.85. The Balaban J connectivity index is 1.48. The number of amides is 2. The summed E-state index contributed by atoms with van der Waals surface area (Å²) in [5.41, 5.74) is 2.70. The standard InChI is InChI=1S/C24H24N6O2/c1-32-22-10-7-18(16-27-22)17-5-8-19(9-6-17)28-23(31)30-24(12-3-2-4-13-24)20-11-14-26-21(15-25)29-20/h5-11,14,16H,2-4,12-13H2,1H3,(H2,28,30,31). The van der Waals surface area contributed by atoms with E-state index in [1.807, 2.05) is 42.5 Å². The first-order chi connectivity index (χ1) is 15.6. The van der Waals surface area contributed by atoms with Crippen LogP contribution in [0.4, 0.5) is 10.5 Å². The van der Waals surface area contributed by atoms with Gasteiger partial charge in [-0.2, -0.15) is 5.26 Å². The highest BCUT2D eigenvalue weighted by molar-refractivity contribution is 5.90. The fourth-order valence-corrected chi connectivity index (χ4v) is 4.08. The van der Waals surface area contributed by atoms with Crippen LogP contribution in [0, 0.1) is 11.3 Å². The predicted octanol–water partition coefficient (Wildman–Crippen LogP) is 4.40. The molecular formula is C24H24N6O2. The van der Waals surface area contributed by atoms with Crippen LogP contribution in [0.5, 0.6) is 5.88 Å². The number of ether oxygens (including phenoxy) is 1. The van der Waals surface area contributed by atoms with Crippen molar-refractivity contribution in [2.75, 3.05) is 12.4 Å². The van der Waals surface area contributed by atoms with Gasteiger partial charge < -0.3 is 15.4 Å². The lowest BCUT2D eigenvalue weighted by Crippen LogP contribution is -2.49. The van der Waals surface area contributed by atoms with Crippen LogP contribution >= 0.6 is 0 Å². The predicted molar refractivity (Wildman–Crippen MR) is 120 cm³/mol. The van der Waals surface area contributed by atoms with E-state index in [4.69, 9.17) is 10.00 Å². The van der Waals surface area contributed by atoms with Crippen LogP contribution in [0.25, 0.3) is 11.1 Å². The fourth-order valence-electron chi connectivity index (χ4n) is 4.08. The summed E-state index contributed by atoms with van der Waals surface area (Å²) < 4.78 is 5.09. The summed E-state index contributed by atoms with van der Waals surface area (Å²) in [4.78, 5) is 25.4. The third-order valence-corrected chi connectivity index (χ3v) is 5.73. The Labute approximate surface area is 186 Å². The molecule has 8 heteroatoms. The molecule has 1 aliphatic carbocycles. The largest absolute Gasteiger partial charge is 0.481 e. The summed E-state index contributed by atoms with van der Waals surface area (Å²) >= 11 is 0. The van der Waals surface area contributed by atoms with Gasteiger partial charge in [0.25, 0.3) is 0 Å². The van der Waals surface area contributed by atoms with Crippen molar-refractivity contribution in [2.24, 2.45) is 0 Å². The average molecular weight is 428 g/mol. The maximum Gasteiger partial charge on any atom is 0.319 e. The molecule has 0 atom stereocenters. The van der Waals surface area contributed by atoms with E-state index < -0.39 is 5.54 Å². The highest BCUT2D eigenvalue weighted by Gasteiger charge is 2.37. The molecule has 1 fully saturated rings. The van der Waals surface area contributed by atoms with Crippen molar-refractivity contribution in [3.8, 4) is 23.1 Å². The zero-order valence-electron chi connectivity index (χ0n) is 17.8. The van der Waals surface area contributed by atoms with Gasteiger partial charge in [0.15, 0.2) is 0 Å². The molecule has 0 aliphatic heterocycles. The number of carbonyl (C=O) groups excluding carboxylic acids is 1. The first-order valence-corrected chi connectivity index (χ1v) is 10.6. The Hall–Kier alpha value is -3.99. The van der Waals surface area contributed by atoms with Crippen molar-refractivity contribution < 1.29 is 9.53 Å². The summed E-state index contributed by atoms with van der Waals surface area (Å²) in [5, 5.41) is 15.2. The number of benzene rings is 1. The van der Waals surface area contributed by atoms with E-state index in [0.717, 1.165) is 43.2 Å². The second kappa shape index (κ2) is 9.43. The Morgan fingerprint density at radius 1 is 1.03 bits per heavy atom. The van der Waals surface area contributed by atoms with Crippen molar-refractivity contribution in [3.05, 3.63) is 66.4 Å². The van der Waals surface area contributed by atoms with Gasteiger partial charge in [-0.3, -0.25) is 0 Å². The molecule has 32 heavy (non-hydrogen) atoms. The van der Waals surface area contributed by atoms with Crippen LogP contribution in [0.15, 0.2) is 54.9 Å².